The molecule has 0 saturated heterocycles. The normalized spacial score (nSPS) is 8.73. The van der Waals surface area contributed by atoms with Crippen LogP contribution >= 0.6 is 12.9 Å². The van der Waals surface area contributed by atoms with E-state index in [1.165, 1.54) is 0 Å². The van der Waals surface area contributed by atoms with Crippen LogP contribution in [0.1, 0.15) is 12.8 Å². The van der Waals surface area contributed by atoms with Crippen molar-refractivity contribution in [1.82, 2.24) is 0 Å². The van der Waals surface area contributed by atoms with Crippen LogP contribution in [0.3, 0.4) is 0 Å². The molecular weight excluding hydrogens is 220 g/mol. The molecule has 0 aliphatic heterocycles. The van der Waals surface area contributed by atoms with E-state index in [9.17, 15) is 0 Å². The topological polar surface area (TPSA) is 18.5 Å². The number of rotatable bonds is 4. The maximum Gasteiger partial charge on any atom is 0.569 e. The lowest BCUT2D eigenvalue weighted by Crippen LogP contribution is -2.11. The van der Waals surface area contributed by atoms with Crippen LogP contribution in [-0.2, 0) is 9.47 Å². The third-order valence-electron chi connectivity index (χ3n) is 1.22. The number of hydrogen-bond donors (Lipinski definition) is 0. The fourth-order valence-electron chi connectivity index (χ4n) is 0.658. The van der Waals surface area contributed by atoms with Crippen LogP contribution in [0.5, 0.6) is 0 Å². The summed E-state index contributed by atoms with van der Waals surface area (Å²) in [6.07, 6.45) is 1.60. The monoisotopic (exact) mass is 230 g/mol. The van der Waals surface area contributed by atoms with E-state index in [-0.39, 0.29) is 24.5 Å². The van der Waals surface area contributed by atoms with Gasteiger partial charge in [-0.05, 0) is 0 Å². The molecule has 0 aromatic rings. The van der Waals surface area contributed by atoms with Gasteiger partial charge in [-0.1, -0.05) is 0 Å². The van der Waals surface area contributed by atoms with E-state index in [1.54, 1.807) is 14.2 Å². The molecule has 0 aliphatic rings. The number of ether oxygens (including phenoxy) is 2. The molecule has 0 atom stereocenters. The predicted molar refractivity (Wildman–Crippen MR) is 49.5 cm³/mol. The largest absolute Gasteiger partial charge is 0.569 e. The van der Waals surface area contributed by atoms with Crippen LogP contribution in [-0.4, -0.2) is 38.7 Å². The Morgan fingerprint density at radius 3 is 2.55 bits per heavy atom. The fraction of sp³-hybridized carbons (Fsp3) is 0.714. The van der Waals surface area contributed by atoms with E-state index in [1.807, 2.05) is 0 Å². The van der Waals surface area contributed by atoms with E-state index < -0.39 is 0 Å². The van der Waals surface area contributed by atoms with E-state index in [4.69, 9.17) is 9.47 Å². The fourth-order valence-corrected chi connectivity index (χ4v) is 1.52. The highest BCUT2D eigenvalue weighted by Gasteiger charge is 2.01. The van der Waals surface area contributed by atoms with Gasteiger partial charge >= 0.3 is 18.2 Å². The highest BCUT2D eigenvalue weighted by Crippen LogP contribution is 1.99. The van der Waals surface area contributed by atoms with Crippen LogP contribution in [0.15, 0.2) is 0 Å². The van der Waals surface area contributed by atoms with Crippen molar-refractivity contribution in [2.75, 3.05) is 14.2 Å². The minimum atomic E-state index is -0.274. The molecular formula is C7H11BrMgO2. The quantitative estimate of drug-likeness (QED) is 0.413. The molecule has 0 aliphatic carbocycles. The molecule has 0 heterocycles. The van der Waals surface area contributed by atoms with Crippen molar-refractivity contribution in [3.05, 3.63) is 0 Å². The van der Waals surface area contributed by atoms with Crippen molar-refractivity contribution in [1.29, 1.82) is 0 Å². The van der Waals surface area contributed by atoms with Gasteiger partial charge in [0.05, 0.1) is 0 Å². The molecule has 0 unspecified atom stereocenters. The van der Waals surface area contributed by atoms with E-state index in [0.29, 0.717) is 0 Å². The Labute approximate surface area is 83.6 Å². The first-order valence-corrected chi connectivity index (χ1v) is 8.03. The van der Waals surface area contributed by atoms with Gasteiger partial charge in [0, 0.05) is 27.1 Å². The molecule has 0 rings (SSSR count). The molecule has 0 saturated carbocycles. The number of hydrogen-bond acceptors (Lipinski definition) is 2. The highest BCUT2D eigenvalue weighted by molar-refractivity contribution is 9.23. The second kappa shape index (κ2) is 8.82. The van der Waals surface area contributed by atoms with Crippen molar-refractivity contribution >= 4 is 31.1 Å². The van der Waals surface area contributed by atoms with E-state index >= 15 is 0 Å². The lowest BCUT2D eigenvalue weighted by molar-refractivity contribution is -0.105. The predicted octanol–water partition coefficient (Wildman–Crippen LogP) is 1.36. The zero-order valence-electron chi connectivity index (χ0n) is 6.89. The summed E-state index contributed by atoms with van der Waals surface area (Å²) in [5.74, 6) is 3.04. The van der Waals surface area contributed by atoms with Crippen molar-refractivity contribution < 1.29 is 9.47 Å². The molecule has 2 nitrogen and oxygen atoms in total. The number of methoxy groups -OCH3 is 2. The molecule has 0 spiro atoms. The average molecular weight is 231 g/mol. The molecule has 0 aromatic carbocycles. The second-order valence-corrected chi connectivity index (χ2v) is 4.23. The van der Waals surface area contributed by atoms with Crippen molar-refractivity contribution in [2.24, 2.45) is 0 Å². The summed E-state index contributed by atoms with van der Waals surface area (Å²) in [5, 5.41) is 0. The van der Waals surface area contributed by atoms with Crippen LogP contribution in [0.4, 0.5) is 0 Å². The first kappa shape index (κ1) is 11.7. The van der Waals surface area contributed by atoms with Gasteiger partial charge in [0.25, 0.3) is 0 Å². The van der Waals surface area contributed by atoms with Gasteiger partial charge in [-0.25, -0.2) is 0 Å². The molecule has 60 valence electrons. The smallest absolute Gasteiger partial charge is 0.356 e. The minimum Gasteiger partial charge on any atom is -0.356 e. The SMILES string of the molecule is COC(CCC#[C][Mg][Br])OC. The summed E-state index contributed by atoms with van der Waals surface area (Å²) < 4.78 is 13.0. The van der Waals surface area contributed by atoms with Crippen LogP contribution in [0.25, 0.3) is 0 Å². The Morgan fingerprint density at radius 1 is 1.45 bits per heavy atom. The maximum atomic E-state index is 4.99. The standard InChI is InChI=1S/C7H11O2.BrH.Mg/c1-4-5-6-7(8-2)9-3;;/h7H,5-6H2,2-3H3;1H;/q;;+1/p-1. The number of halogens is 1. The van der Waals surface area contributed by atoms with Crippen molar-refractivity contribution in [3.63, 3.8) is 0 Å². The Hall–Kier alpha value is 0.726. The van der Waals surface area contributed by atoms with Gasteiger partial charge in [0.15, 0.2) is 6.29 Å². The molecule has 0 fully saturated rings. The highest BCUT2D eigenvalue weighted by atomic mass is 79.9. The third-order valence-corrected chi connectivity index (χ3v) is 2.45. The average Bonchev–Trinajstić information content (AvgIpc) is 2.05. The van der Waals surface area contributed by atoms with E-state index in [2.05, 4.69) is 22.9 Å². The van der Waals surface area contributed by atoms with Crippen LogP contribution < -0.4 is 0 Å². The summed E-state index contributed by atoms with van der Waals surface area (Å²) in [5.41, 5.74) is 0. The Bertz CT molecular complexity index is 137. The Morgan fingerprint density at radius 2 is 2.09 bits per heavy atom. The van der Waals surface area contributed by atoms with E-state index in [0.717, 1.165) is 12.8 Å². The summed E-state index contributed by atoms with van der Waals surface area (Å²) in [6, 6.07) is 0. The van der Waals surface area contributed by atoms with Crippen LogP contribution in [0.2, 0.25) is 0 Å². The van der Waals surface area contributed by atoms with Crippen LogP contribution in [0, 0.1) is 9.97 Å². The van der Waals surface area contributed by atoms with Gasteiger partial charge < -0.3 is 9.47 Å². The molecule has 0 radical (unpaired) electrons. The van der Waals surface area contributed by atoms with Crippen molar-refractivity contribution in [3.8, 4) is 9.97 Å². The molecule has 0 N–H and O–H groups in total. The molecule has 0 aromatic heterocycles. The second-order valence-electron chi connectivity index (χ2n) is 1.93. The summed E-state index contributed by atoms with van der Waals surface area (Å²) in [6.45, 7) is 0. The Kier molecular flexibility index (Phi) is 9.40. The zero-order valence-corrected chi connectivity index (χ0v) is 9.89. The minimum absolute atomic E-state index is 0.0960. The van der Waals surface area contributed by atoms with Crippen molar-refractivity contribution in [2.45, 2.75) is 19.1 Å². The zero-order chi connectivity index (χ0) is 8.53. The van der Waals surface area contributed by atoms with Gasteiger partial charge in [0.2, 0.25) is 0 Å². The lowest BCUT2D eigenvalue weighted by Gasteiger charge is -2.10. The summed E-state index contributed by atoms with van der Waals surface area (Å²) in [7, 11) is 3.28. The summed E-state index contributed by atoms with van der Waals surface area (Å²) >= 11 is 3.08. The lowest BCUT2D eigenvalue weighted by atomic mass is 10.3. The first-order valence-electron chi connectivity index (χ1n) is 3.42. The molecule has 11 heavy (non-hydrogen) atoms. The van der Waals surface area contributed by atoms with Gasteiger partial charge in [-0.3, -0.25) is 16.9 Å². The first-order chi connectivity index (χ1) is 5.35. The van der Waals surface area contributed by atoms with Gasteiger partial charge in [0.1, 0.15) is 0 Å². The summed E-state index contributed by atoms with van der Waals surface area (Å²) in [4.78, 5) is 0. The molecule has 0 bridgehead atoms. The third kappa shape index (κ3) is 7.10. The molecule has 0 amide bonds. The maximum absolute atomic E-state index is 4.99. The van der Waals surface area contributed by atoms with Gasteiger partial charge in [-0.2, -0.15) is 0 Å². The van der Waals surface area contributed by atoms with Gasteiger partial charge in [-0.15, -0.1) is 5.92 Å². The Balaban J connectivity index is 3.35. The molecule has 4 heteroatoms.